The summed E-state index contributed by atoms with van der Waals surface area (Å²) in [5.41, 5.74) is 0. The molecule has 0 amide bonds. The van der Waals surface area contributed by atoms with E-state index in [1.807, 2.05) is 0 Å². The van der Waals surface area contributed by atoms with Crippen molar-refractivity contribution in [2.75, 3.05) is 35.3 Å². The first-order valence-electron chi connectivity index (χ1n) is 3.83. The van der Waals surface area contributed by atoms with Gasteiger partial charge in [-0.1, -0.05) is 0 Å². The normalized spacial score (nSPS) is 30.3. The van der Waals surface area contributed by atoms with Crippen LogP contribution < -0.4 is 0 Å². The number of hydrogen-bond acceptors (Lipinski definition) is 3. The molecule has 3 heteroatoms. The van der Waals surface area contributed by atoms with Crippen molar-refractivity contribution >= 4 is 0 Å². The third-order valence-electron chi connectivity index (χ3n) is 2.12. The summed E-state index contributed by atoms with van der Waals surface area (Å²) in [5, 5.41) is 0. The van der Waals surface area contributed by atoms with Crippen LogP contribution in [0.1, 0.15) is 0 Å². The minimum Gasteiger partial charge on any atom is -0.261 e. The Hall–Kier alpha value is -0.250. The highest BCUT2D eigenvalue weighted by atomic mass is 16.5. The molecule has 3 nitrogen and oxygen atoms in total. The number of rotatable bonds is 3. The summed E-state index contributed by atoms with van der Waals surface area (Å²) in [6, 6.07) is 0.991. The molecule has 1 rings (SSSR count). The molecule has 11 heavy (non-hydrogen) atoms. The van der Waals surface area contributed by atoms with Gasteiger partial charge in [0.25, 0.3) is 6.10 Å². The van der Waals surface area contributed by atoms with Crippen molar-refractivity contribution in [1.29, 1.82) is 0 Å². The molecule has 0 aromatic carbocycles. The number of hydrogen-bond donors (Lipinski definition) is 0. The van der Waals surface area contributed by atoms with Crippen LogP contribution in [0.2, 0.25) is 0 Å². The predicted molar refractivity (Wildman–Crippen MR) is 45.2 cm³/mol. The van der Waals surface area contributed by atoms with Crippen LogP contribution in [0.4, 0.5) is 0 Å². The maximum Gasteiger partial charge on any atom is 0.290 e. The fraction of sp³-hybridized carbons (Fsp3) is 0.875. The molecular weight excluding hydrogens is 140 g/mol. The van der Waals surface area contributed by atoms with E-state index in [-0.39, 0.29) is 0 Å². The van der Waals surface area contributed by atoms with Gasteiger partial charge in [-0.15, -0.1) is 0 Å². The summed E-state index contributed by atoms with van der Waals surface area (Å²) in [6.07, 6.45) is 1.18. The van der Waals surface area contributed by atoms with Crippen LogP contribution in [0.5, 0.6) is 0 Å². The van der Waals surface area contributed by atoms with Gasteiger partial charge in [-0.25, -0.2) is 0 Å². The Balaban J connectivity index is 2.46. The van der Waals surface area contributed by atoms with Gasteiger partial charge < -0.3 is 0 Å². The van der Waals surface area contributed by atoms with E-state index in [0.29, 0.717) is 12.1 Å². The van der Waals surface area contributed by atoms with E-state index in [1.54, 1.807) is 7.11 Å². The molecule has 0 heterocycles. The maximum atomic E-state index is 5.24. The molecule has 0 aliphatic heterocycles. The smallest absolute Gasteiger partial charge is 0.261 e. The van der Waals surface area contributed by atoms with E-state index in [2.05, 4.69) is 38.0 Å². The lowest BCUT2D eigenvalue weighted by Crippen LogP contribution is -2.25. The second kappa shape index (κ2) is 3.01. The highest BCUT2D eigenvalue weighted by molar-refractivity contribution is 5.26. The standard InChI is InChI=1S/C8H17N2O/c1-9(2)6-7(10(3)4)8(6)11-5/h6-7H,1-5H3/q+1. The quantitative estimate of drug-likeness (QED) is 0.538. The number of likely N-dealkylation sites (N-methyl/N-ethyl adjacent to an activating group) is 2. The van der Waals surface area contributed by atoms with E-state index in [9.17, 15) is 0 Å². The van der Waals surface area contributed by atoms with Gasteiger partial charge in [0.05, 0.1) is 7.11 Å². The lowest BCUT2D eigenvalue weighted by molar-refractivity contribution is 0.225. The summed E-state index contributed by atoms with van der Waals surface area (Å²) in [5.74, 6) is 0. The van der Waals surface area contributed by atoms with Crippen molar-refractivity contribution < 1.29 is 4.74 Å². The average Bonchev–Trinajstić information content (AvgIpc) is 2.59. The van der Waals surface area contributed by atoms with Crippen LogP contribution >= 0.6 is 0 Å². The molecule has 1 aliphatic rings. The fourth-order valence-electron chi connectivity index (χ4n) is 1.53. The molecule has 2 unspecified atom stereocenters. The Kier molecular flexibility index (Phi) is 2.42. The molecule has 0 saturated heterocycles. The van der Waals surface area contributed by atoms with E-state index in [0.717, 1.165) is 0 Å². The Bertz CT molecular complexity index is 122. The van der Waals surface area contributed by atoms with Crippen molar-refractivity contribution in [2.45, 2.75) is 12.1 Å². The first-order chi connectivity index (χ1) is 5.09. The molecule has 0 spiro atoms. The van der Waals surface area contributed by atoms with Crippen molar-refractivity contribution in [2.24, 2.45) is 0 Å². The van der Waals surface area contributed by atoms with E-state index >= 15 is 0 Å². The second-order valence-corrected chi connectivity index (χ2v) is 3.42. The zero-order valence-corrected chi connectivity index (χ0v) is 7.96. The summed E-state index contributed by atoms with van der Waals surface area (Å²) in [6.45, 7) is 0. The molecule has 0 aromatic rings. The second-order valence-electron chi connectivity index (χ2n) is 3.42. The van der Waals surface area contributed by atoms with Crippen LogP contribution in [-0.4, -0.2) is 57.2 Å². The third-order valence-corrected chi connectivity index (χ3v) is 2.12. The monoisotopic (exact) mass is 157 g/mol. The molecular formula is C8H17N2O+. The lowest BCUT2D eigenvalue weighted by atomic mass is 10.5. The Morgan fingerprint density at radius 1 is 1.00 bits per heavy atom. The minimum absolute atomic E-state index is 0.495. The molecule has 1 fully saturated rings. The molecule has 0 bridgehead atoms. The van der Waals surface area contributed by atoms with Crippen LogP contribution in [0, 0.1) is 6.10 Å². The Morgan fingerprint density at radius 2 is 1.36 bits per heavy atom. The molecule has 0 N–H and O–H groups in total. The summed E-state index contributed by atoms with van der Waals surface area (Å²) >= 11 is 0. The number of methoxy groups -OCH3 is 1. The van der Waals surface area contributed by atoms with Gasteiger partial charge in [-0.2, -0.15) is 4.74 Å². The number of ether oxygens (including phenoxy) is 1. The highest BCUT2D eigenvalue weighted by Gasteiger charge is 2.70. The zero-order chi connectivity index (χ0) is 8.59. The number of nitrogens with zero attached hydrogens (tertiary/aromatic N) is 2. The highest BCUT2D eigenvalue weighted by Crippen LogP contribution is 2.40. The van der Waals surface area contributed by atoms with E-state index in [1.165, 1.54) is 6.10 Å². The largest absolute Gasteiger partial charge is 0.290 e. The van der Waals surface area contributed by atoms with Gasteiger partial charge in [-0.3, -0.25) is 9.80 Å². The van der Waals surface area contributed by atoms with Crippen LogP contribution in [0.15, 0.2) is 0 Å². The molecule has 0 radical (unpaired) electrons. The van der Waals surface area contributed by atoms with Crippen LogP contribution in [0.3, 0.4) is 0 Å². The first-order valence-corrected chi connectivity index (χ1v) is 3.83. The Labute approximate surface area is 68.9 Å². The van der Waals surface area contributed by atoms with Crippen molar-refractivity contribution in [3.8, 4) is 0 Å². The van der Waals surface area contributed by atoms with Gasteiger partial charge >= 0.3 is 0 Å². The minimum atomic E-state index is 0.495. The maximum absolute atomic E-state index is 5.24. The van der Waals surface area contributed by atoms with E-state index < -0.39 is 0 Å². The first kappa shape index (κ1) is 8.84. The van der Waals surface area contributed by atoms with Gasteiger partial charge in [0.2, 0.25) is 12.1 Å². The van der Waals surface area contributed by atoms with Gasteiger partial charge in [0.15, 0.2) is 0 Å². The van der Waals surface area contributed by atoms with Gasteiger partial charge in [0, 0.05) is 0 Å². The summed E-state index contributed by atoms with van der Waals surface area (Å²) < 4.78 is 5.24. The van der Waals surface area contributed by atoms with Crippen molar-refractivity contribution in [3.63, 3.8) is 0 Å². The lowest BCUT2D eigenvalue weighted by Gasteiger charge is -2.03. The van der Waals surface area contributed by atoms with Crippen LogP contribution in [0.25, 0.3) is 0 Å². The topological polar surface area (TPSA) is 15.7 Å². The molecule has 1 aliphatic carbocycles. The summed E-state index contributed by atoms with van der Waals surface area (Å²) in [4.78, 5) is 4.37. The van der Waals surface area contributed by atoms with Crippen LogP contribution in [-0.2, 0) is 4.74 Å². The average molecular weight is 157 g/mol. The fourth-order valence-corrected chi connectivity index (χ4v) is 1.53. The third kappa shape index (κ3) is 1.50. The van der Waals surface area contributed by atoms with Crippen molar-refractivity contribution in [3.05, 3.63) is 6.10 Å². The predicted octanol–water partition coefficient (Wildman–Crippen LogP) is 0.0388. The zero-order valence-electron chi connectivity index (χ0n) is 7.96. The molecule has 64 valence electrons. The molecule has 2 atom stereocenters. The van der Waals surface area contributed by atoms with Gasteiger partial charge in [-0.05, 0) is 28.2 Å². The summed E-state index contributed by atoms with van der Waals surface area (Å²) in [7, 11) is 10.1. The van der Waals surface area contributed by atoms with Gasteiger partial charge in [0.1, 0.15) is 0 Å². The molecule has 1 saturated carbocycles. The van der Waals surface area contributed by atoms with Crippen molar-refractivity contribution in [1.82, 2.24) is 9.80 Å². The SMILES string of the molecule is CO[C+]1C(N(C)C)C1N(C)C. The molecule has 0 aromatic heterocycles. The van der Waals surface area contributed by atoms with E-state index in [4.69, 9.17) is 4.74 Å². The Morgan fingerprint density at radius 3 is 1.45 bits per heavy atom.